The van der Waals surface area contributed by atoms with Crippen molar-refractivity contribution < 1.29 is 19.4 Å². The molecular weight excluding hydrogens is 258 g/mol. The van der Waals surface area contributed by atoms with E-state index in [1.807, 2.05) is 24.3 Å². The number of hydrogen-bond acceptors (Lipinski definition) is 4. The molecule has 112 valence electrons. The lowest BCUT2D eigenvalue weighted by Gasteiger charge is -2.08. The molecule has 2 N–H and O–H groups in total. The molecule has 0 aromatic heterocycles. The number of carbonyl (C=O) groups is 1. The predicted octanol–water partition coefficient (Wildman–Crippen LogP) is 1.14. The minimum atomic E-state index is -0.185. The van der Waals surface area contributed by atoms with Crippen molar-refractivity contribution in [3.63, 3.8) is 0 Å². The minimum Gasteiger partial charge on any atom is -0.484 e. The minimum absolute atomic E-state index is 0.00682. The first kappa shape index (κ1) is 16.5. The third-order valence-corrected chi connectivity index (χ3v) is 2.64. The molecule has 0 bridgehead atoms. The number of aliphatic hydroxyl groups excluding tert-OH is 1. The Balaban J connectivity index is 2.16. The predicted molar refractivity (Wildman–Crippen MR) is 76.8 cm³/mol. The summed E-state index contributed by atoms with van der Waals surface area (Å²) >= 11 is 0. The summed E-state index contributed by atoms with van der Waals surface area (Å²) in [5, 5.41) is 11.2. The van der Waals surface area contributed by atoms with Crippen LogP contribution in [0.25, 0.3) is 0 Å². The van der Waals surface area contributed by atoms with E-state index < -0.39 is 0 Å². The first-order valence-electron chi connectivity index (χ1n) is 6.93. The maximum atomic E-state index is 11.5. The number of carbonyl (C=O) groups excluding carboxylic acids is 1. The molecule has 0 fully saturated rings. The van der Waals surface area contributed by atoms with Gasteiger partial charge in [0.05, 0.1) is 19.8 Å². The van der Waals surface area contributed by atoms with Crippen LogP contribution in [0.2, 0.25) is 0 Å². The Labute approximate surface area is 119 Å². The Bertz CT molecular complexity index is 378. The van der Waals surface area contributed by atoms with E-state index in [2.05, 4.69) is 12.2 Å². The third kappa shape index (κ3) is 7.11. The van der Waals surface area contributed by atoms with E-state index in [-0.39, 0.29) is 25.7 Å². The number of rotatable bonds is 10. The van der Waals surface area contributed by atoms with Gasteiger partial charge in [-0.25, -0.2) is 0 Å². The van der Waals surface area contributed by atoms with Gasteiger partial charge in [-0.1, -0.05) is 25.5 Å². The van der Waals surface area contributed by atoms with Gasteiger partial charge in [0, 0.05) is 6.54 Å². The molecule has 5 nitrogen and oxygen atoms in total. The first-order valence-corrected chi connectivity index (χ1v) is 6.93. The summed E-state index contributed by atoms with van der Waals surface area (Å²) in [5.41, 5.74) is 1.27. The monoisotopic (exact) mass is 281 g/mol. The molecule has 0 radical (unpaired) electrons. The van der Waals surface area contributed by atoms with Crippen molar-refractivity contribution in [3.05, 3.63) is 29.8 Å². The van der Waals surface area contributed by atoms with Gasteiger partial charge in [0.15, 0.2) is 6.61 Å². The molecule has 1 aromatic carbocycles. The second kappa shape index (κ2) is 10.2. The molecular formula is C15H23NO4. The van der Waals surface area contributed by atoms with Crippen LogP contribution in [0.5, 0.6) is 5.75 Å². The molecule has 0 spiro atoms. The molecule has 0 atom stereocenters. The molecule has 1 rings (SSSR count). The fraction of sp³-hybridized carbons (Fsp3) is 0.533. The van der Waals surface area contributed by atoms with Crippen LogP contribution in [0.3, 0.4) is 0 Å². The van der Waals surface area contributed by atoms with Gasteiger partial charge in [0.1, 0.15) is 5.75 Å². The van der Waals surface area contributed by atoms with Gasteiger partial charge < -0.3 is 19.9 Å². The molecule has 1 amide bonds. The Kier molecular flexibility index (Phi) is 8.42. The van der Waals surface area contributed by atoms with Crippen molar-refractivity contribution >= 4 is 5.91 Å². The quantitative estimate of drug-likeness (QED) is 0.631. The topological polar surface area (TPSA) is 67.8 Å². The number of ether oxygens (including phenoxy) is 2. The largest absolute Gasteiger partial charge is 0.484 e. The molecule has 20 heavy (non-hydrogen) atoms. The van der Waals surface area contributed by atoms with Crippen molar-refractivity contribution in [2.75, 3.05) is 33.0 Å². The molecule has 0 unspecified atom stereocenters. The van der Waals surface area contributed by atoms with Gasteiger partial charge in [0.2, 0.25) is 0 Å². The Morgan fingerprint density at radius 2 is 2.00 bits per heavy atom. The highest BCUT2D eigenvalue weighted by Gasteiger charge is 2.02. The van der Waals surface area contributed by atoms with Crippen molar-refractivity contribution in [1.82, 2.24) is 5.32 Å². The van der Waals surface area contributed by atoms with Crippen LogP contribution in [0, 0.1) is 0 Å². The zero-order chi connectivity index (χ0) is 14.6. The van der Waals surface area contributed by atoms with Crippen molar-refractivity contribution in [2.45, 2.75) is 19.8 Å². The van der Waals surface area contributed by atoms with E-state index in [0.717, 1.165) is 12.8 Å². The van der Waals surface area contributed by atoms with E-state index in [0.29, 0.717) is 18.9 Å². The highest BCUT2D eigenvalue weighted by molar-refractivity contribution is 5.77. The van der Waals surface area contributed by atoms with Crippen LogP contribution < -0.4 is 10.1 Å². The smallest absolute Gasteiger partial charge is 0.258 e. The van der Waals surface area contributed by atoms with Gasteiger partial charge in [-0.05, 0) is 24.1 Å². The Hall–Kier alpha value is -1.59. The van der Waals surface area contributed by atoms with Crippen LogP contribution in [0.4, 0.5) is 0 Å². The lowest BCUT2D eigenvalue weighted by atomic mass is 10.1. The second-order valence-electron chi connectivity index (χ2n) is 4.37. The van der Waals surface area contributed by atoms with E-state index >= 15 is 0 Å². The van der Waals surface area contributed by atoms with Gasteiger partial charge in [-0.2, -0.15) is 0 Å². The molecule has 0 aliphatic carbocycles. The number of aryl methyl sites for hydroxylation is 1. The van der Waals surface area contributed by atoms with E-state index in [9.17, 15) is 4.79 Å². The third-order valence-electron chi connectivity index (χ3n) is 2.64. The molecule has 0 aliphatic heterocycles. The number of hydrogen-bond donors (Lipinski definition) is 2. The molecule has 0 heterocycles. The molecule has 0 saturated carbocycles. The highest BCUT2D eigenvalue weighted by atomic mass is 16.5. The number of amides is 1. The highest BCUT2D eigenvalue weighted by Crippen LogP contribution is 2.13. The zero-order valence-corrected chi connectivity index (χ0v) is 11.9. The average Bonchev–Trinajstić information content (AvgIpc) is 2.47. The van der Waals surface area contributed by atoms with Crippen LogP contribution in [0.1, 0.15) is 18.9 Å². The summed E-state index contributed by atoms with van der Waals surface area (Å²) in [7, 11) is 0. The van der Waals surface area contributed by atoms with E-state index in [1.165, 1.54) is 5.56 Å². The summed E-state index contributed by atoms with van der Waals surface area (Å²) in [6.07, 6.45) is 2.16. The Morgan fingerprint density at radius 1 is 1.25 bits per heavy atom. The first-order chi connectivity index (χ1) is 9.76. The van der Waals surface area contributed by atoms with Gasteiger partial charge in [-0.15, -0.1) is 0 Å². The van der Waals surface area contributed by atoms with Crippen molar-refractivity contribution in [1.29, 1.82) is 0 Å². The van der Waals surface area contributed by atoms with Crippen LogP contribution >= 0.6 is 0 Å². The molecule has 0 saturated heterocycles. The summed E-state index contributed by atoms with van der Waals surface area (Å²) in [6, 6.07) is 7.78. The van der Waals surface area contributed by atoms with Crippen LogP contribution in [-0.2, 0) is 16.0 Å². The average molecular weight is 281 g/mol. The van der Waals surface area contributed by atoms with Crippen molar-refractivity contribution in [2.24, 2.45) is 0 Å². The van der Waals surface area contributed by atoms with Gasteiger partial charge in [-0.3, -0.25) is 4.79 Å². The van der Waals surface area contributed by atoms with Gasteiger partial charge >= 0.3 is 0 Å². The zero-order valence-electron chi connectivity index (χ0n) is 11.9. The molecule has 0 aliphatic rings. The summed E-state index contributed by atoms with van der Waals surface area (Å²) in [6.45, 7) is 3.21. The van der Waals surface area contributed by atoms with Crippen LogP contribution in [0.15, 0.2) is 24.3 Å². The fourth-order valence-corrected chi connectivity index (χ4v) is 1.67. The summed E-state index contributed by atoms with van der Waals surface area (Å²) < 4.78 is 10.4. The number of aliphatic hydroxyl groups is 1. The maximum Gasteiger partial charge on any atom is 0.258 e. The summed E-state index contributed by atoms with van der Waals surface area (Å²) in [4.78, 5) is 11.5. The summed E-state index contributed by atoms with van der Waals surface area (Å²) in [5.74, 6) is 0.506. The lowest BCUT2D eigenvalue weighted by molar-refractivity contribution is -0.123. The number of benzene rings is 1. The number of nitrogens with one attached hydrogen (secondary N) is 1. The van der Waals surface area contributed by atoms with E-state index in [4.69, 9.17) is 14.6 Å². The second-order valence-corrected chi connectivity index (χ2v) is 4.37. The van der Waals surface area contributed by atoms with E-state index in [1.54, 1.807) is 0 Å². The van der Waals surface area contributed by atoms with Crippen molar-refractivity contribution in [3.8, 4) is 5.75 Å². The molecule has 5 heteroatoms. The normalized spacial score (nSPS) is 10.3. The Morgan fingerprint density at radius 3 is 2.65 bits per heavy atom. The SMILES string of the molecule is CCCc1ccc(OCC(=O)NCCOCCO)cc1. The fourth-order valence-electron chi connectivity index (χ4n) is 1.67. The maximum absolute atomic E-state index is 11.5. The van der Waals surface area contributed by atoms with Gasteiger partial charge in [0.25, 0.3) is 5.91 Å². The van der Waals surface area contributed by atoms with Crippen LogP contribution in [-0.4, -0.2) is 44.0 Å². The standard InChI is InChI=1S/C15H23NO4/c1-2-3-13-4-6-14(7-5-13)20-12-15(18)16-8-10-19-11-9-17/h4-7,17H,2-3,8-12H2,1H3,(H,16,18). The molecule has 1 aromatic rings. The lowest BCUT2D eigenvalue weighted by Crippen LogP contribution is -2.31.